The van der Waals surface area contributed by atoms with E-state index in [1.807, 2.05) is 0 Å². The molecule has 1 unspecified atom stereocenters. The summed E-state index contributed by atoms with van der Waals surface area (Å²) in [5.74, 6) is -1.56. The van der Waals surface area contributed by atoms with E-state index in [2.05, 4.69) is 0 Å². The van der Waals surface area contributed by atoms with Crippen LogP contribution in [0.25, 0.3) is 0 Å². The van der Waals surface area contributed by atoms with Crippen LogP contribution in [-0.2, 0) is 4.79 Å². The lowest BCUT2D eigenvalue weighted by Crippen LogP contribution is -2.15. The molecule has 0 radical (unpaired) electrons. The maximum absolute atomic E-state index is 10.8. The first kappa shape index (κ1) is 11.8. The summed E-state index contributed by atoms with van der Waals surface area (Å²) in [5, 5.41) is 18.0. The van der Waals surface area contributed by atoms with Gasteiger partial charge in [-0.3, -0.25) is 4.79 Å². The van der Waals surface area contributed by atoms with Gasteiger partial charge in [0.05, 0.1) is 13.7 Å². The number of hydrogen-bond acceptors (Lipinski definition) is 3. The van der Waals surface area contributed by atoms with Gasteiger partial charge in [-0.05, 0) is 17.7 Å². The van der Waals surface area contributed by atoms with E-state index >= 15 is 0 Å². The molecule has 0 aliphatic heterocycles. The maximum atomic E-state index is 10.8. The number of aliphatic carboxylic acids is 1. The van der Waals surface area contributed by atoms with Crippen molar-refractivity contribution in [2.75, 3.05) is 13.7 Å². The summed E-state index contributed by atoms with van der Waals surface area (Å²) in [6, 6.07) is 4.66. The van der Waals surface area contributed by atoms with Crippen molar-refractivity contribution in [1.29, 1.82) is 0 Å². The molecule has 0 bridgehead atoms. The summed E-state index contributed by atoms with van der Waals surface area (Å²) in [4.78, 5) is 10.8. The Morgan fingerprint density at radius 1 is 1.60 bits per heavy atom. The van der Waals surface area contributed by atoms with Crippen LogP contribution in [-0.4, -0.2) is 29.9 Å². The molecule has 0 fully saturated rings. The van der Waals surface area contributed by atoms with E-state index in [0.717, 1.165) is 0 Å². The Morgan fingerprint density at radius 2 is 2.27 bits per heavy atom. The second-order valence-corrected chi connectivity index (χ2v) is 3.37. The highest BCUT2D eigenvalue weighted by Gasteiger charge is 2.21. The van der Waals surface area contributed by atoms with Gasteiger partial charge in [0.2, 0.25) is 0 Å². The van der Waals surface area contributed by atoms with E-state index in [1.54, 1.807) is 6.07 Å². The van der Waals surface area contributed by atoms with Gasteiger partial charge < -0.3 is 14.9 Å². The summed E-state index contributed by atoms with van der Waals surface area (Å²) in [5.41, 5.74) is 0.382. The smallest absolute Gasteiger partial charge is 0.313 e. The molecule has 0 amide bonds. The average Bonchev–Trinajstić information content (AvgIpc) is 2.20. The van der Waals surface area contributed by atoms with Crippen LogP contribution in [0.4, 0.5) is 0 Å². The number of benzene rings is 1. The van der Waals surface area contributed by atoms with Gasteiger partial charge in [0.25, 0.3) is 0 Å². The molecule has 0 spiro atoms. The topological polar surface area (TPSA) is 66.8 Å². The number of carboxylic acid groups (broad SMARTS) is 1. The summed E-state index contributed by atoms with van der Waals surface area (Å²) in [6.07, 6.45) is 0. The predicted molar refractivity (Wildman–Crippen MR) is 55.5 cm³/mol. The molecule has 2 N–H and O–H groups in total. The van der Waals surface area contributed by atoms with Crippen molar-refractivity contribution >= 4 is 17.6 Å². The zero-order valence-electron chi connectivity index (χ0n) is 8.11. The van der Waals surface area contributed by atoms with Crippen molar-refractivity contribution in [1.82, 2.24) is 0 Å². The lowest BCUT2D eigenvalue weighted by Gasteiger charge is -2.12. The van der Waals surface area contributed by atoms with Crippen molar-refractivity contribution in [3.8, 4) is 5.75 Å². The average molecular weight is 231 g/mol. The van der Waals surface area contributed by atoms with Gasteiger partial charge in [0, 0.05) is 5.02 Å². The van der Waals surface area contributed by atoms with Crippen LogP contribution in [0.3, 0.4) is 0 Å². The molecule has 1 atom stereocenters. The Labute approximate surface area is 92.1 Å². The minimum absolute atomic E-state index is 0.274. The van der Waals surface area contributed by atoms with E-state index < -0.39 is 18.5 Å². The van der Waals surface area contributed by atoms with Crippen LogP contribution in [0.15, 0.2) is 18.2 Å². The van der Waals surface area contributed by atoms with Gasteiger partial charge in [-0.15, -0.1) is 0 Å². The monoisotopic (exact) mass is 230 g/mol. The first-order valence-corrected chi connectivity index (χ1v) is 4.65. The highest BCUT2D eigenvalue weighted by molar-refractivity contribution is 6.31. The highest BCUT2D eigenvalue weighted by Crippen LogP contribution is 2.28. The molecule has 0 saturated heterocycles. The lowest BCUT2D eigenvalue weighted by molar-refractivity contribution is -0.139. The van der Waals surface area contributed by atoms with Crippen molar-refractivity contribution in [3.63, 3.8) is 0 Å². The van der Waals surface area contributed by atoms with Crippen molar-refractivity contribution in [2.45, 2.75) is 5.92 Å². The fourth-order valence-corrected chi connectivity index (χ4v) is 1.53. The number of aliphatic hydroxyl groups is 1. The van der Waals surface area contributed by atoms with Gasteiger partial charge in [-0.25, -0.2) is 0 Å². The third-order valence-electron chi connectivity index (χ3n) is 2.06. The van der Waals surface area contributed by atoms with E-state index in [1.165, 1.54) is 19.2 Å². The summed E-state index contributed by atoms with van der Waals surface area (Å²) < 4.78 is 4.93. The SMILES string of the molecule is COc1ccc(C(CO)C(=O)O)c(Cl)c1. The molecule has 5 heteroatoms. The molecule has 0 aliphatic rings. The van der Waals surface area contributed by atoms with Crippen LogP contribution in [0.5, 0.6) is 5.75 Å². The molecule has 0 aromatic heterocycles. The molecule has 1 rings (SSSR count). The number of hydrogen-bond donors (Lipinski definition) is 2. The van der Waals surface area contributed by atoms with Crippen molar-refractivity contribution in [3.05, 3.63) is 28.8 Å². The molecule has 82 valence electrons. The van der Waals surface area contributed by atoms with Crippen LogP contribution in [0, 0.1) is 0 Å². The molecular weight excluding hydrogens is 220 g/mol. The Morgan fingerprint density at radius 3 is 2.67 bits per heavy atom. The fourth-order valence-electron chi connectivity index (χ4n) is 1.23. The van der Waals surface area contributed by atoms with E-state index in [9.17, 15) is 4.79 Å². The molecule has 0 saturated carbocycles. The Balaban J connectivity index is 3.08. The van der Waals surface area contributed by atoms with Gasteiger partial charge in [0.1, 0.15) is 11.7 Å². The first-order chi connectivity index (χ1) is 7.10. The quantitative estimate of drug-likeness (QED) is 0.823. The van der Waals surface area contributed by atoms with Crippen molar-refractivity contribution in [2.24, 2.45) is 0 Å². The third-order valence-corrected chi connectivity index (χ3v) is 2.39. The third kappa shape index (κ3) is 2.61. The molecular formula is C10H11ClO4. The van der Waals surface area contributed by atoms with Crippen LogP contribution < -0.4 is 4.74 Å². The summed E-state index contributed by atoms with van der Waals surface area (Å²) >= 11 is 5.87. The summed E-state index contributed by atoms with van der Waals surface area (Å²) in [7, 11) is 1.49. The predicted octanol–water partition coefficient (Wildman–Crippen LogP) is 1.51. The number of carbonyl (C=O) groups is 1. The molecule has 4 nitrogen and oxygen atoms in total. The first-order valence-electron chi connectivity index (χ1n) is 4.27. The second kappa shape index (κ2) is 5.00. The number of methoxy groups -OCH3 is 1. The molecule has 1 aromatic rings. The standard InChI is InChI=1S/C10H11ClO4/c1-15-6-2-3-7(9(11)4-6)8(5-12)10(13)14/h2-4,8,12H,5H2,1H3,(H,13,14). The fraction of sp³-hybridized carbons (Fsp3) is 0.300. The minimum atomic E-state index is -1.11. The normalized spacial score (nSPS) is 12.2. The van der Waals surface area contributed by atoms with E-state index in [4.69, 9.17) is 26.6 Å². The van der Waals surface area contributed by atoms with E-state index in [0.29, 0.717) is 11.3 Å². The van der Waals surface area contributed by atoms with Gasteiger partial charge in [0.15, 0.2) is 0 Å². The minimum Gasteiger partial charge on any atom is -0.497 e. The number of rotatable bonds is 4. The Kier molecular flexibility index (Phi) is 3.94. The number of ether oxygens (including phenoxy) is 1. The van der Waals surface area contributed by atoms with Crippen LogP contribution >= 0.6 is 11.6 Å². The number of aliphatic hydroxyl groups excluding tert-OH is 1. The molecule has 15 heavy (non-hydrogen) atoms. The van der Waals surface area contributed by atoms with Crippen molar-refractivity contribution < 1.29 is 19.7 Å². The largest absolute Gasteiger partial charge is 0.497 e. The number of halogens is 1. The second-order valence-electron chi connectivity index (χ2n) is 2.96. The summed E-state index contributed by atoms with van der Waals surface area (Å²) in [6.45, 7) is -0.485. The Bertz CT molecular complexity index is 364. The van der Waals surface area contributed by atoms with Crippen LogP contribution in [0.2, 0.25) is 5.02 Å². The molecule has 1 aromatic carbocycles. The Hall–Kier alpha value is -1.26. The van der Waals surface area contributed by atoms with Gasteiger partial charge >= 0.3 is 5.97 Å². The van der Waals surface area contributed by atoms with Crippen LogP contribution in [0.1, 0.15) is 11.5 Å². The number of carboxylic acids is 1. The lowest BCUT2D eigenvalue weighted by atomic mass is 10.00. The van der Waals surface area contributed by atoms with Gasteiger partial charge in [-0.2, -0.15) is 0 Å². The van der Waals surface area contributed by atoms with Gasteiger partial charge in [-0.1, -0.05) is 17.7 Å². The zero-order chi connectivity index (χ0) is 11.4. The maximum Gasteiger partial charge on any atom is 0.313 e. The molecule has 0 heterocycles. The molecule has 0 aliphatic carbocycles. The highest BCUT2D eigenvalue weighted by atomic mass is 35.5. The van der Waals surface area contributed by atoms with E-state index in [-0.39, 0.29) is 5.02 Å². The zero-order valence-corrected chi connectivity index (χ0v) is 8.86.